The minimum atomic E-state index is -0.270. The topological polar surface area (TPSA) is 32.9 Å². The molecule has 2 aromatic rings. The van der Waals surface area contributed by atoms with Crippen molar-refractivity contribution in [3.8, 4) is 0 Å². The molecular formula is C14H16FNO. The summed E-state index contributed by atoms with van der Waals surface area (Å²) in [5.74, 6) is -0.270. The monoisotopic (exact) mass is 233 g/mol. The molecule has 1 aromatic heterocycles. The number of pyridine rings is 1. The van der Waals surface area contributed by atoms with Gasteiger partial charge in [0, 0.05) is 11.6 Å². The number of benzene rings is 1. The lowest BCUT2D eigenvalue weighted by Crippen LogP contribution is -2.17. The number of aryl methyl sites for hydroxylation is 1. The van der Waals surface area contributed by atoms with Crippen LogP contribution in [0.15, 0.2) is 23.1 Å². The first-order valence-electron chi connectivity index (χ1n) is 5.63. The zero-order chi connectivity index (χ0) is 12.8. The van der Waals surface area contributed by atoms with Gasteiger partial charge < -0.3 is 4.98 Å². The lowest BCUT2D eigenvalue weighted by molar-refractivity contribution is 0.591. The summed E-state index contributed by atoms with van der Waals surface area (Å²) < 4.78 is 13.6. The summed E-state index contributed by atoms with van der Waals surface area (Å²) in [5, 5.41) is 1.25. The number of rotatable bonds is 0. The molecule has 1 aromatic carbocycles. The number of hydrogen-bond donors (Lipinski definition) is 1. The van der Waals surface area contributed by atoms with Crippen molar-refractivity contribution in [1.29, 1.82) is 0 Å². The summed E-state index contributed by atoms with van der Waals surface area (Å²) in [7, 11) is 0. The molecular weight excluding hydrogens is 217 g/mol. The summed E-state index contributed by atoms with van der Waals surface area (Å²) in [6, 6.07) is 3.07. The summed E-state index contributed by atoms with van der Waals surface area (Å²) >= 11 is 0. The van der Waals surface area contributed by atoms with E-state index in [4.69, 9.17) is 0 Å². The number of aromatic amines is 1. The van der Waals surface area contributed by atoms with Gasteiger partial charge in [-0.1, -0.05) is 20.8 Å². The highest BCUT2D eigenvalue weighted by Crippen LogP contribution is 2.28. The number of fused-ring (bicyclic) bond motifs is 1. The first-order valence-corrected chi connectivity index (χ1v) is 5.63. The van der Waals surface area contributed by atoms with E-state index in [1.807, 2.05) is 20.8 Å². The molecule has 90 valence electrons. The van der Waals surface area contributed by atoms with Gasteiger partial charge in [-0.05, 0) is 41.0 Å². The number of hydrogen-bond acceptors (Lipinski definition) is 1. The largest absolute Gasteiger partial charge is 0.328 e. The van der Waals surface area contributed by atoms with Crippen LogP contribution in [0.1, 0.15) is 31.9 Å². The van der Waals surface area contributed by atoms with E-state index in [1.165, 1.54) is 6.07 Å². The average Bonchev–Trinajstić information content (AvgIpc) is 2.19. The fourth-order valence-electron chi connectivity index (χ4n) is 2.01. The second kappa shape index (κ2) is 3.69. The van der Waals surface area contributed by atoms with Crippen LogP contribution < -0.4 is 5.56 Å². The van der Waals surface area contributed by atoms with Crippen molar-refractivity contribution in [3.63, 3.8) is 0 Å². The number of nitrogens with one attached hydrogen (secondary N) is 1. The maximum absolute atomic E-state index is 13.6. The molecule has 0 amide bonds. The molecule has 2 nitrogen and oxygen atoms in total. The van der Waals surface area contributed by atoms with E-state index in [0.29, 0.717) is 16.3 Å². The molecule has 0 aliphatic rings. The van der Waals surface area contributed by atoms with Gasteiger partial charge >= 0.3 is 0 Å². The van der Waals surface area contributed by atoms with Crippen LogP contribution in [0.5, 0.6) is 0 Å². The van der Waals surface area contributed by atoms with Gasteiger partial charge in [0.05, 0.1) is 0 Å². The molecule has 0 saturated carbocycles. The highest BCUT2D eigenvalue weighted by atomic mass is 19.1. The van der Waals surface area contributed by atoms with E-state index in [-0.39, 0.29) is 16.8 Å². The van der Waals surface area contributed by atoms with Crippen LogP contribution in [0.2, 0.25) is 0 Å². The number of aromatic nitrogens is 1. The third kappa shape index (κ3) is 1.97. The first kappa shape index (κ1) is 11.8. The van der Waals surface area contributed by atoms with Crippen LogP contribution in [0, 0.1) is 12.7 Å². The Hall–Kier alpha value is -1.64. The summed E-state index contributed by atoms with van der Waals surface area (Å²) in [6.45, 7) is 7.78. The number of H-pyrrole nitrogens is 1. The fourth-order valence-corrected chi connectivity index (χ4v) is 2.01. The zero-order valence-electron chi connectivity index (χ0n) is 10.5. The van der Waals surface area contributed by atoms with E-state index in [9.17, 15) is 9.18 Å². The highest BCUT2D eigenvalue weighted by Gasteiger charge is 2.18. The van der Waals surface area contributed by atoms with Gasteiger partial charge in [0.1, 0.15) is 5.82 Å². The van der Waals surface area contributed by atoms with Gasteiger partial charge in [-0.2, -0.15) is 0 Å². The van der Waals surface area contributed by atoms with Crippen LogP contribution >= 0.6 is 0 Å². The smallest absolute Gasteiger partial charge is 0.255 e. The van der Waals surface area contributed by atoms with Gasteiger partial charge in [0.15, 0.2) is 0 Å². The molecule has 0 saturated heterocycles. The Morgan fingerprint density at radius 1 is 1.18 bits per heavy atom. The predicted octanol–water partition coefficient (Wildman–Crippen LogP) is 3.27. The molecule has 0 aliphatic carbocycles. The Labute approximate surface area is 99.5 Å². The van der Waals surface area contributed by atoms with Crippen LogP contribution in [0.3, 0.4) is 0 Å². The Kier molecular flexibility index (Phi) is 2.57. The third-order valence-electron chi connectivity index (χ3n) is 2.99. The normalized spacial score (nSPS) is 12.1. The van der Waals surface area contributed by atoms with Crippen LogP contribution in [-0.4, -0.2) is 4.98 Å². The van der Waals surface area contributed by atoms with Gasteiger partial charge in [-0.3, -0.25) is 4.79 Å². The average molecular weight is 233 g/mol. The molecule has 17 heavy (non-hydrogen) atoms. The van der Waals surface area contributed by atoms with Crippen molar-refractivity contribution in [2.24, 2.45) is 0 Å². The SMILES string of the molecule is Cc1cc2c(=O)[nH]cc(C(C)(C)C)c2cc1F. The number of halogens is 1. The van der Waals surface area contributed by atoms with Crippen molar-refractivity contribution >= 4 is 10.8 Å². The fraction of sp³-hybridized carbons (Fsp3) is 0.357. The molecule has 3 heteroatoms. The standard InChI is InChI=1S/C14H16FNO/c1-8-5-10-9(6-12(8)15)11(14(2,3)4)7-16-13(10)17/h5-7H,1-4H3,(H,16,17). The lowest BCUT2D eigenvalue weighted by Gasteiger charge is -2.21. The van der Waals surface area contributed by atoms with Gasteiger partial charge in [0.25, 0.3) is 5.56 Å². The molecule has 0 atom stereocenters. The van der Waals surface area contributed by atoms with Crippen LogP contribution in [0.25, 0.3) is 10.8 Å². The van der Waals surface area contributed by atoms with Gasteiger partial charge in [-0.15, -0.1) is 0 Å². The maximum Gasteiger partial charge on any atom is 0.255 e. The zero-order valence-corrected chi connectivity index (χ0v) is 10.5. The Morgan fingerprint density at radius 3 is 2.41 bits per heavy atom. The summed E-state index contributed by atoms with van der Waals surface area (Å²) in [5.41, 5.74) is 1.14. The Morgan fingerprint density at radius 2 is 1.82 bits per heavy atom. The molecule has 0 bridgehead atoms. The molecule has 0 unspecified atom stereocenters. The molecule has 2 rings (SSSR count). The Balaban J connectivity index is 2.95. The maximum atomic E-state index is 13.6. The van der Waals surface area contributed by atoms with Crippen molar-refractivity contribution in [1.82, 2.24) is 4.98 Å². The lowest BCUT2D eigenvalue weighted by atomic mass is 9.85. The first-order chi connectivity index (χ1) is 7.80. The van der Waals surface area contributed by atoms with Crippen molar-refractivity contribution in [2.75, 3.05) is 0 Å². The van der Waals surface area contributed by atoms with Crippen molar-refractivity contribution < 1.29 is 4.39 Å². The van der Waals surface area contributed by atoms with Gasteiger partial charge in [0.2, 0.25) is 0 Å². The molecule has 0 aliphatic heterocycles. The van der Waals surface area contributed by atoms with E-state index < -0.39 is 0 Å². The molecule has 1 heterocycles. The molecule has 1 N–H and O–H groups in total. The van der Waals surface area contributed by atoms with E-state index in [2.05, 4.69) is 4.98 Å². The third-order valence-corrected chi connectivity index (χ3v) is 2.99. The Bertz CT molecular complexity index is 635. The minimum absolute atomic E-state index is 0.135. The van der Waals surface area contributed by atoms with E-state index >= 15 is 0 Å². The predicted molar refractivity (Wildman–Crippen MR) is 68.0 cm³/mol. The van der Waals surface area contributed by atoms with Crippen molar-refractivity contribution in [3.05, 3.63) is 45.6 Å². The molecule has 0 radical (unpaired) electrons. The van der Waals surface area contributed by atoms with Crippen LogP contribution in [0.4, 0.5) is 4.39 Å². The second-order valence-corrected chi connectivity index (χ2v) is 5.43. The van der Waals surface area contributed by atoms with Gasteiger partial charge in [-0.25, -0.2) is 4.39 Å². The minimum Gasteiger partial charge on any atom is -0.328 e. The molecule has 0 spiro atoms. The van der Waals surface area contributed by atoms with Crippen molar-refractivity contribution in [2.45, 2.75) is 33.1 Å². The highest BCUT2D eigenvalue weighted by molar-refractivity contribution is 5.86. The molecule has 0 fully saturated rings. The second-order valence-electron chi connectivity index (χ2n) is 5.43. The van der Waals surface area contributed by atoms with Crippen LogP contribution in [-0.2, 0) is 5.41 Å². The quantitative estimate of drug-likeness (QED) is 0.744. The van der Waals surface area contributed by atoms with E-state index in [1.54, 1.807) is 19.2 Å². The summed E-state index contributed by atoms with van der Waals surface area (Å²) in [4.78, 5) is 14.5. The summed E-state index contributed by atoms with van der Waals surface area (Å²) in [6.07, 6.45) is 1.68. The van der Waals surface area contributed by atoms with E-state index in [0.717, 1.165) is 5.56 Å².